The van der Waals surface area contributed by atoms with E-state index in [4.69, 9.17) is 20.8 Å². The Morgan fingerprint density at radius 3 is 2.88 bits per heavy atom. The highest BCUT2D eigenvalue weighted by Crippen LogP contribution is 2.27. The van der Waals surface area contributed by atoms with Gasteiger partial charge in [-0.2, -0.15) is 0 Å². The molecule has 0 aliphatic heterocycles. The Bertz CT molecular complexity index is 479. The van der Waals surface area contributed by atoms with Crippen molar-refractivity contribution >= 4 is 11.6 Å². The monoisotopic (exact) mass is 252 g/mol. The molecule has 0 bridgehead atoms. The van der Waals surface area contributed by atoms with Crippen LogP contribution in [0, 0.1) is 0 Å². The van der Waals surface area contributed by atoms with Gasteiger partial charge in [0.2, 0.25) is 0 Å². The summed E-state index contributed by atoms with van der Waals surface area (Å²) < 4.78 is 10.2. The topological polar surface area (TPSA) is 42.6 Å². The van der Waals surface area contributed by atoms with Crippen molar-refractivity contribution in [2.45, 2.75) is 12.5 Å². The molecular formula is C13H13ClO3. The summed E-state index contributed by atoms with van der Waals surface area (Å²) in [7, 11) is 1.59. The average molecular weight is 253 g/mol. The summed E-state index contributed by atoms with van der Waals surface area (Å²) in [5.41, 5.74) is 1.61. The minimum Gasteiger partial charge on any atom is -0.496 e. The third-order valence-corrected chi connectivity index (χ3v) is 2.82. The summed E-state index contributed by atoms with van der Waals surface area (Å²) in [6, 6.07) is 7.08. The highest BCUT2D eigenvalue weighted by Gasteiger charge is 2.13. The summed E-state index contributed by atoms with van der Waals surface area (Å²) in [6.07, 6.45) is 2.87. The fourth-order valence-electron chi connectivity index (χ4n) is 1.70. The van der Waals surface area contributed by atoms with Crippen LogP contribution in [0.5, 0.6) is 5.75 Å². The van der Waals surface area contributed by atoms with Crippen molar-refractivity contribution in [1.82, 2.24) is 0 Å². The van der Waals surface area contributed by atoms with Gasteiger partial charge in [-0.1, -0.05) is 11.6 Å². The zero-order valence-corrected chi connectivity index (χ0v) is 10.1. The van der Waals surface area contributed by atoms with Crippen LogP contribution in [-0.2, 0) is 6.42 Å². The van der Waals surface area contributed by atoms with E-state index in [-0.39, 0.29) is 0 Å². The van der Waals surface area contributed by atoms with Crippen LogP contribution in [0.4, 0.5) is 0 Å². The summed E-state index contributed by atoms with van der Waals surface area (Å²) in [5.74, 6) is 0.719. The maximum Gasteiger partial charge on any atom is 0.122 e. The normalized spacial score (nSPS) is 12.4. The number of aliphatic hydroxyl groups excluding tert-OH is 1. The molecule has 1 unspecified atom stereocenters. The molecule has 1 aromatic carbocycles. The Morgan fingerprint density at radius 2 is 2.24 bits per heavy atom. The number of halogens is 1. The van der Waals surface area contributed by atoms with Crippen LogP contribution in [0.1, 0.15) is 17.2 Å². The molecule has 0 saturated heterocycles. The molecule has 0 aliphatic rings. The van der Waals surface area contributed by atoms with Gasteiger partial charge in [-0.3, -0.25) is 0 Å². The first-order valence-corrected chi connectivity index (χ1v) is 5.61. The molecule has 4 heteroatoms. The number of benzene rings is 1. The van der Waals surface area contributed by atoms with Crippen LogP contribution in [0.2, 0.25) is 5.02 Å². The summed E-state index contributed by atoms with van der Waals surface area (Å²) in [4.78, 5) is 0. The van der Waals surface area contributed by atoms with E-state index in [1.165, 1.54) is 12.5 Å². The highest BCUT2D eigenvalue weighted by molar-refractivity contribution is 6.30. The van der Waals surface area contributed by atoms with Crippen LogP contribution < -0.4 is 4.74 Å². The molecule has 2 rings (SSSR count). The zero-order valence-electron chi connectivity index (χ0n) is 9.39. The van der Waals surface area contributed by atoms with Crippen LogP contribution in [0.3, 0.4) is 0 Å². The molecule has 0 amide bonds. The standard InChI is InChI=1S/C13H13ClO3/c1-16-13-3-2-11(14)6-10(13)7-12(15)9-4-5-17-8-9/h2-6,8,12,15H,7H2,1H3. The van der Waals surface area contributed by atoms with E-state index in [1.807, 2.05) is 0 Å². The lowest BCUT2D eigenvalue weighted by Crippen LogP contribution is -2.02. The molecule has 0 aliphatic carbocycles. The number of hydrogen-bond donors (Lipinski definition) is 1. The molecule has 0 saturated carbocycles. The fraction of sp³-hybridized carbons (Fsp3) is 0.231. The Kier molecular flexibility index (Phi) is 3.71. The minimum absolute atomic E-state index is 0.434. The van der Waals surface area contributed by atoms with Crippen molar-refractivity contribution in [3.63, 3.8) is 0 Å². The largest absolute Gasteiger partial charge is 0.496 e. The van der Waals surface area contributed by atoms with E-state index < -0.39 is 6.10 Å². The van der Waals surface area contributed by atoms with Gasteiger partial charge in [0.1, 0.15) is 5.75 Å². The summed E-state index contributed by atoms with van der Waals surface area (Å²) in [5, 5.41) is 10.6. The summed E-state index contributed by atoms with van der Waals surface area (Å²) in [6.45, 7) is 0. The third kappa shape index (κ3) is 2.81. The number of hydrogen-bond acceptors (Lipinski definition) is 3. The van der Waals surface area contributed by atoms with Gasteiger partial charge in [-0.05, 0) is 29.8 Å². The van der Waals surface area contributed by atoms with Gasteiger partial charge in [0.25, 0.3) is 0 Å². The summed E-state index contributed by atoms with van der Waals surface area (Å²) >= 11 is 5.93. The number of methoxy groups -OCH3 is 1. The van der Waals surface area contributed by atoms with Gasteiger partial charge in [0.15, 0.2) is 0 Å². The van der Waals surface area contributed by atoms with Gasteiger partial charge in [0.05, 0.1) is 25.7 Å². The molecule has 1 N–H and O–H groups in total. The van der Waals surface area contributed by atoms with Crippen molar-refractivity contribution in [2.24, 2.45) is 0 Å². The van der Waals surface area contributed by atoms with Crippen molar-refractivity contribution in [1.29, 1.82) is 0 Å². The number of rotatable bonds is 4. The van der Waals surface area contributed by atoms with Gasteiger partial charge in [-0.25, -0.2) is 0 Å². The number of furan rings is 1. The van der Waals surface area contributed by atoms with Crippen molar-refractivity contribution in [2.75, 3.05) is 7.11 Å². The molecule has 1 atom stereocenters. The van der Waals surface area contributed by atoms with Crippen LogP contribution in [0.15, 0.2) is 41.2 Å². The van der Waals surface area contributed by atoms with E-state index in [9.17, 15) is 5.11 Å². The molecule has 90 valence electrons. The molecular weight excluding hydrogens is 240 g/mol. The predicted molar refractivity (Wildman–Crippen MR) is 65.4 cm³/mol. The molecule has 2 aromatic rings. The van der Waals surface area contributed by atoms with E-state index in [2.05, 4.69) is 0 Å². The maximum absolute atomic E-state index is 10.0. The van der Waals surface area contributed by atoms with E-state index in [0.29, 0.717) is 11.4 Å². The van der Waals surface area contributed by atoms with E-state index >= 15 is 0 Å². The number of aliphatic hydroxyl groups is 1. The van der Waals surface area contributed by atoms with Gasteiger partial charge in [-0.15, -0.1) is 0 Å². The van der Waals surface area contributed by atoms with E-state index in [0.717, 1.165) is 16.9 Å². The first-order valence-electron chi connectivity index (χ1n) is 5.23. The Morgan fingerprint density at radius 1 is 1.41 bits per heavy atom. The van der Waals surface area contributed by atoms with Crippen LogP contribution >= 0.6 is 11.6 Å². The molecule has 0 radical (unpaired) electrons. The van der Waals surface area contributed by atoms with Crippen molar-refractivity contribution in [3.8, 4) is 5.75 Å². The Hall–Kier alpha value is -1.45. The van der Waals surface area contributed by atoms with Gasteiger partial charge < -0.3 is 14.3 Å². The number of ether oxygens (including phenoxy) is 1. The van der Waals surface area contributed by atoms with Gasteiger partial charge >= 0.3 is 0 Å². The molecule has 1 heterocycles. The van der Waals surface area contributed by atoms with Crippen LogP contribution in [0.25, 0.3) is 0 Å². The lowest BCUT2D eigenvalue weighted by molar-refractivity contribution is 0.176. The molecule has 17 heavy (non-hydrogen) atoms. The Labute approximate surface area is 105 Å². The fourth-order valence-corrected chi connectivity index (χ4v) is 1.89. The maximum atomic E-state index is 10.0. The molecule has 3 nitrogen and oxygen atoms in total. The SMILES string of the molecule is COc1ccc(Cl)cc1CC(O)c1ccoc1. The highest BCUT2D eigenvalue weighted by atomic mass is 35.5. The minimum atomic E-state index is -0.624. The third-order valence-electron chi connectivity index (χ3n) is 2.58. The van der Waals surface area contributed by atoms with Crippen molar-refractivity contribution in [3.05, 3.63) is 52.9 Å². The lowest BCUT2D eigenvalue weighted by Gasteiger charge is -2.12. The van der Waals surface area contributed by atoms with E-state index in [1.54, 1.807) is 31.4 Å². The van der Waals surface area contributed by atoms with Crippen molar-refractivity contribution < 1.29 is 14.3 Å². The average Bonchev–Trinajstić information content (AvgIpc) is 2.83. The van der Waals surface area contributed by atoms with Gasteiger partial charge in [0, 0.05) is 17.0 Å². The second-order valence-corrected chi connectivity index (χ2v) is 4.17. The molecule has 0 spiro atoms. The molecule has 0 fully saturated rings. The zero-order chi connectivity index (χ0) is 12.3. The van der Waals surface area contributed by atoms with Crippen LogP contribution in [-0.4, -0.2) is 12.2 Å². The second kappa shape index (κ2) is 5.25. The first kappa shape index (κ1) is 12.0. The predicted octanol–water partition coefficient (Wildman–Crippen LogP) is 3.22. The lowest BCUT2D eigenvalue weighted by atomic mass is 10.0. The Balaban J connectivity index is 2.20. The second-order valence-electron chi connectivity index (χ2n) is 3.73. The smallest absolute Gasteiger partial charge is 0.122 e. The quantitative estimate of drug-likeness (QED) is 0.909. The molecule has 1 aromatic heterocycles. The first-order chi connectivity index (χ1) is 8.20.